The van der Waals surface area contributed by atoms with Crippen LogP contribution in [0.15, 0.2) is 0 Å². The first kappa shape index (κ1) is 15.1. The van der Waals surface area contributed by atoms with Crippen molar-refractivity contribution in [3.63, 3.8) is 0 Å². The largest absolute Gasteiger partial charge is 0.270 e. The van der Waals surface area contributed by atoms with Crippen LogP contribution in [0.5, 0.6) is 0 Å². The van der Waals surface area contributed by atoms with Crippen molar-refractivity contribution in [3.05, 3.63) is 0 Å². The van der Waals surface area contributed by atoms with E-state index in [0.717, 1.165) is 12.5 Å². The lowest BCUT2D eigenvalue weighted by Gasteiger charge is -2.12. The Balaban J connectivity index is 4.03. The molecule has 0 aromatic heterocycles. The first-order valence-electron chi connectivity index (χ1n) is 3.92. The Morgan fingerprint density at radius 2 is 1.67 bits per heavy atom. The maximum atomic E-state index is 10.7. The maximum absolute atomic E-state index is 10.7. The van der Waals surface area contributed by atoms with Crippen LogP contribution < -0.4 is 0 Å². The number of hydrogen-bond donors (Lipinski definition) is 0. The van der Waals surface area contributed by atoms with E-state index < -0.39 is 26.3 Å². The molecule has 0 aliphatic carbocycles. The highest BCUT2D eigenvalue weighted by molar-refractivity contribution is 7.86. The summed E-state index contributed by atoms with van der Waals surface area (Å²) in [5, 5.41) is 0. The smallest absolute Gasteiger partial charge is 0.264 e. The number of halogens is 1. The summed E-state index contributed by atoms with van der Waals surface area (Å²) in [6.45, 7) is -0.161. The normalized spacial score (nSPS) is 15.1. The van der Waals surface area contributed by atoms with Gasteiger partial charge in [-0.25, -0.2) is 0 Å². The van der Waals surface area contributed by atoms with E-state index >= 15 is 0 Å². The Morgan fingerprint density at radius 3 is 2.00 bits per heavy atom. The van der Waals surface area contributed by atoms with E-state index in [1.807, 2.05) is 0 Å². The summed E-state index contributed by atoms with van der Waals surface area (Å²) in [5.74, 6) is -0.0554. The van der Waals surface area contributed by atoms with E-state index in [1.165, 1.54) is 0 Å². The van der Waals surface area contributed by atoms with Gasteiger partial charge in [0.05, 0.1) is 31.1 Å². The van der Waals surface area contributed by atoms with Gasteiger partial charge in [0.25, 0.3) is 20.2 Å². The minimum atomic E-state index is -3.59. The molecule has 0 saturated heterocycles. The van der Waals surface area contributed by atoms with Gasteiger partial charge < -0.3 is 0 Å². The minimum Gasteiger partial charge on any atom is -0.270 e. The maximum Gasteiger partial charge on any atom is 0.264 e. The lowest BCUT2D eigenvalue weighted by Crippen LogP contribution is -2.21. The average Bonchev–Trinajstić information content (AvgIpc) is 1.97. The van der Waals surface area contributed by atoms with E-state index in [-0.39, 0.29) is 18.9 Å². The summed E-state index contributed by atoms with van der Waals surface area (Å²) < 4.78 is 51.6. The van der Waals surface area contributed by atoms with Gasteiger partial charge in [0.15, 0.2) is 0 Å². The van der Waals surface area contributed by atoms with Crippen LogP contribution in [0.4, 0.5) is 0 Å². The number of alkyl halides is 1. The molecule has 0 heterocycles. The van der Waals surface area contributed by atoms with Crippen LogP contribution >= 0.6 is 11.6 Å². The van der Waals surface area contributed by atoms with Crippen LogP contribution in [0, 0.1) is 0 Å². The zero-order valence-electron chi connectivity index (χ0n) is 8.34. The molecule has 0 aliphatic heterocycles. The molecule has 0 aliphatic rings. The van der Waals surface area contributed by atoms with Crippen molar-refractivity contribution in [2.24, 2.45) is 0 Å². The van der Waals surface area contributed by atoms with Gasteiger partial charge in [-0.15, -0.1) is 11.6 Å². The predicted molar refractivity (Wildman–Crippen MR) is 55.8 cm³/mol. The molecule has 9 heteroatoms. The molecule has 0 unspecified atom stereocenters. The first-order chi connectivity index (χ1) is 6.64. The Morgan fingerprint density at radius 1 is 1.13 bits per heavy atom. The van der Waals surface area contributed by atoms with Crippen molar-refractivity contribution in [1.82, 2.24) is 0 Å². The summed E-state index contributed by atoms with van der Waals surface area (Å²) in [6.07, 6.45) is 1.11. The van der Waals surface area contributed by atoms with Crippen LogP contribution in [0.25, 0.3) is 0 Å². The van der Waals surface area contributed by atoms with Gasteiger partial charge in [0.2, 0.25) is 0 Å². The molecule has 0 spiro atoms. The Labute approximate surface area is 94.8 Å². The molecule has 0 radical (unpaired) electrons. The van der Waals surface area contributed by atoms with Gasteiger partial charge in [0.1, 0.15) is 0 Å². The Kier molecular flexibility index (Phi) is 6.04. The fraction of sp³-hybridized carbons (Fsp3) is 1.00. The molecule has 0 aromatic carbocycles. The molecule has 0 amide bonds. The van der Waals surface area contributed by atoms with Crippen molar-refractivity contribution in [1.29, 1.82) is 0 Å². The zero-order valence-corrected chi connectivity index (χ0v) is 10.7. The Bertz CT molecular complexity index is 372. The summed E-state index contributed by atoms with van der Waals surface area (Å²) in [7, 11) is -7.11. The second kappa shape index (κ2) is 6.00. The second-order valence-electron chi connectivity index (χ2n) is 2.89. The average molecular weight is 281 g/mol. The van der Waals surface area contributed by atoms with Crippen LogP contribution in [0.3, 0.4) is 0 Å². The van der Waals surface area contributed by atoms with Crippen molar-refractivity contribution in [2.45, 2.75) is 12.5 Å². The summed E-state index contributed by atoms with van der Waals surface area (Å²) >= 11 is 5.43. The molecule has 0 fully saturated rings. The van der Waals surface area contributed by atoms with Gasteiger partial charge in [0, 0.05) is 6.42 Å². The molecule has 0 saturated carbocycles. The highest BCUT2D eigenvalue weighted by Crippen LogP contribution is 2.06. The summed E-state index contributed by atoms with van der Waals surface area (Å²) in [4.78, 5) is 0. The van der Waals surface area contributed by atoms with Crippen molar-refractivity contribution in [3.8, 4) is 0 Å². The molecule has 0 bridgehead atoms. The lowest BCUT2D eigenvalue weighted by atomic mass is 10.3. The lowest BCUT2D eigenvalue weighted by molar-refractivity contribution is 0.190. The number of hydrogen-bond acceptors (Lipinski definition) is 6. The second-order valence-corrected chi connectivity index (χ2v) is 6.44. The minimum absolute atomic E-state index is 0.0554. The van der Waals surface area contributed by atoms with Gasteiger partial charge >= 0.3 is 0 Å². The van der Waals surface area contributed by atoms with Crippen molar-refractivity contribution in [2.75, 3.05) is 25.0 Å². The monoisotopic (exact) mass is 280 g/mol. The van der Waals surface area contributed by atoms with E-state index in [9.17, 15) is 16.8 Å². The third-order valence-electron chi connectivity index (χ3n) is 1.22. The first-order valence-corrected chi connectivity index (χ1v) is 8.09. The standard InChI is InChI=1S/C6H13ClO6S2/c1-14(8,9)12-4-3-6(5-7)13-15(2,10)11/h6H,3-5H2,1-2H3/t6-/m0/s1. The molecule has 0 N–H and O–H groups in total. The van der Waals surface area contributed by atoms with Crippen LogP contribution in [-0.4, -0.2) is 47.9 Å². The molecule has 92 valence electrons. The van der Waals surface area contributed by atoms with Crippen molar-refractivity contribution < 1.29 is 25.2 Å². The van der Waals surface area contributed by atoms with Gasteiger partial charge in [-0.1, -0.05) is 0 Å². The zero-order chi connectivity index (χ0) is 12.1. The topological polar surface area (TPSA) is 86.7 Å². The summed E-state index contributed by atoms with van der Waals surface area (Å²) in [6, 6.07) is 0. The van der Waals surface area contributed by atoms with E-state index in [0.29, 0.717) is 0 Å². The molecular formula is C6H13ClO6S2. The highest BCUT2D eigenvalue weighted by Gasteiger charge is 2.15. The SMILES string of the molecule is CS(=O)(=O)OCC[C@@H](CCl)OS(C)(=O)=O. The van der Waals surface area contributed by atoms with Gasteiger partial charge in [-0.2, -0.15) is 16.8 Å². The predicted octanol–water partition coefficient (Wildman–Crippen LogP) is -0.0637. The van der Waals surface area contributed by atoms with Gasteiger partial charge in [-0.05, 0) is 0 Å². The van der Waals surface area contributed by atoms with Crippen LogP contribution in [0.1, 0.15) is 6.42 Å². The quantitative estimate of drug-likeness (QED) is 0.479. The van der Waals surface area contributed by atoms with Gasteiger partial charge in [-0.3, -0.25) is 8.37 Å². The van der Waals surface area contributed by atoms with E-state index in [4.69, 9.17) is 11.6 Å². The fourth-order valence-electron chi connectivity index (χ4n) is 0.729. The van der Waals surface area contributed by atoms with E-state index in [1.54, 1.807) is 0 Å². The molecular weight excluding hydrogens is 268 g/mol. The fourth-order valence-corrected chi connectivity index (χ4v) is 2.08. The molecule has 1 atom stereocenters. The summed E-state index contributed by atoms with van der Waals surface area (Å²) in [5.41, 5.74) is 0. The Hall–Kier alpha value is 0.110. The highest BCUT2D eigenvalue weighted by atomic mass is 35.5. The van der Waals surface area contributed by atoms with Crippen LogP contribution in [0.2, 0.25) is 0 Å². The third-order valence-corrected chi connectivity index (χ3v) is 2.78. The molecule has 6 nitrogen and oxygen atoms in total. The van der Waals surface area contributed by atoms with Crippen molar-refractivity contribution >= 4 is 31.8 Å². The molecule has 0 aromatic rings. The number of rotatable bonds is 7. The molecule has 0 rings (SSSR count). The molecule has 15 heavy (non-hydrogen) atoms. The van der Waals surface area contributed by atoms with E-state index in [2.05, 4.69) is 8.37 Å². The third kappa shape index (κ3) is 10.4. The van der Waals surface area contributed by atoms with Crippen LogP contribution in [-0.2, 0) is 28.6 Å².